The maximum absolute atomic E-state index is 5.63. The molecule has 0 spiro atoms. The van der Waals surface area contributed by atoms with Crippen LogP contribution in [0.4, 0.5) is 5.69 Å². The molecule has 2 heteroatoms. The molecule has 0 fully saturated rings. The molecule has 0 atom stereocenters. The standard InChI is InChI=1S/C16H28N2/c1-3-4-5-6-12-18(13-8-11-17)16-10-7-9-15(2)14-16/h7,9-10,14H,3-6,8,11-13,17H2,1-2H3. The van der Waals surface area contributed by atoms with Crippen molar-refractivity contribution in [3.8, 4) is 0 Å². The molecule has 1 aromatic carbocycles. The van der Waals surface area contributed by atoms with Gasteiger partial charge < -0.3 is 10.6 Å². The third-order valence-corrected chi connectivity index (χ3v) is 3.28. The minimum Gasteiger partial charge on any atom is -0.371 e. The Labute approximate surface area is 112 Å². The first-order valence-corrected chi connectivity index (χ1v) is 7.29. The first-order chi connectivity index (χ1) is 8.77. The SMILES string of the molecule is CCCCCCN(CCCN)c1cccc(C)c1. The van der Waals surface area contributed by atoms with Gasteiger partial charge in [-0.15, -0.1) is 0 Å². The zero-order chi connectivity index (χ0) is 13.2. The third kappa shape index (κ3) is 5.54. The molecule has 2 nitrogen and oxygen atoms in total. The molecule has 0 aromatic heterocycles. The van der Waals surface area contributed by atoms with Crippen LogP contribution in [-0.4, -0.2) is 19.6 Å². The lowest BCUT2D eigenvalue weighted by Crippen LogP contribution is -2.27. The molecule has 0 bridgehead atoms. The summed E-state index contributed by atoms with van der Waals surface area (Å²) in [6.07, 6.45) is 6.33. The van der Waals surface area contributed by atoms with Gasteiger partial charge in [-0.05, 0) is 44.0 Å². The first kappa shape index (κ1) is 15.0. The molecular formula is C16H28N2. The van der Waals surface area contributed by atoms with Crippen LogP contribution in [0.5, 0.6) is 0 Å². The van der Waals surface area contributed by atoms with Crippen molar-refractivity contribution in [3.63, 3.8) is 0 Å². The van der Waals surface area contributed by atoms with Crippen molar-refractivity contribution < 1.29 is 0 Å². The van der Waals surface area contributed by atoms with Crippen molar-refractivity contribution in [1.82, 2.24) is 0 Å². The first-order valence-electron chi connectivity index (χ1n) is 7.29. The van der Waals surface area contributed by atoms with E-state index in [-0.39, 0.29) is 0 Å². The zero-order valence-electron chi connectivity index (χ0n) is 12.0. The second-order valence-corrected chi connectivity index (χ2v) is 5.03. The van der Waals surface area contributed by atoms with Gasteiger partial charge in [0, 0.05) is 18.8 Å². The molecule has 18 heavy (non-hydrogen) atoms. The molecule has 1 rings (SSSR count). The minimum atomic E-state index is 0.775. The highest BCUT2D eigenvalue weighted by atomic mass is 15.1. The minimum absolute atomic E-state index is 0.775. The highest BCUT2D eigenvalue weighted by Gasteiger charge is 2.05. The predicted molar refractivity (Wildman–Crippen MR) is 81.2 cm³/mol. The highest BCUT2D eigenvalue weighted by molar-refractivity contribution is 5.48. The van der Waals surface area contributed by atoms with Gasteiger partial charge in [-0.1, -0.05) is 38.3 Å². The number of rotatable bonds is 9. The van der Waals surface area contributed by atoms with Crippen molar-refractivity contribution in [2.45, 2.75) is 46.0 Å². The quantitative estimate of drug-likeness (QED) is 0.675. The number of nitrogens with zero attached hydrogens (tertiary/aromatic N) is 1. The summed E-state index contributed by atoms with van der Waals surface area (Å²) in [7, 11) is 0. The summed E-state index contributed by atoms with van der Waals surface area (Å²) in [4.78, 5) is 2.48. The highest BCUT2D eigenvalue weighted by Crippen LogP contribution is 2.17. The topological polar surface area (TPSA) is 29.3 Å². The van der Waals surface area contributed by atoms with Gasteiger partial charge in [0.2, 0.25) is 0 Å². The number of hydrogen-bond acceptors (Lipinski definition) is 2. The van der Waals surface area contributed by atoms with E-state index in [9.17, 15) is 0 Å². The average molecular weight is 248 g/mol. The van der Waals surface area contributed by atoms with Crippen molar-refractivity contribution in [3.05, 3.63) is 29.8 Å². The molecule has 0 saturated carbocycles. The van der Waals surface area contributed by atoms with Gasteiger partial charge >= 0.3 is 0 Å². The summed E-state index contributed by atoms with van der Waals surface area (Å²) in [6, 6.07) is 8.79. The van der Waals surface area contributed by atoms with Crippen LogP contribution in [0.1, 0.15) is 44.6 Å². The molecule has 0 unspecified atom stereocenters. The fourth-order valence-electron chi connectivity index (χ4n) is 2.21. The predicted octanol–water partition coefficient (Wildman–Crippen LogP) is 3.73. The molecule has 1 aromatic rings. The van der Waals surface area contributed by atoms with Crippen LogP contribution in [0.2, 0.25) is 0 Å². The third-order valence-electron chi connectivity index (χ3n) is 3.28. The maximum Gasteiger partial charge on any atom is 0.0368 e. The summed E-state index contributed by atoms with van der Waals surface area (Å²) in [5, 5.41) is 0. The van der Waals surface area contributed by atoms with E-state index in [0.717, 1.165) is 26.1 Å². The summed E-state index contributed by atoms with van der Waals surface area (Å²) < 4.78 is 0. The molecule has 0 radical (unpaired) electrons. The van der Waals surface area contributed by atoms with E-state index in [1.54, 1.807) is 0 Å². The monoisotopic (exact) mass is 248 g/mol. The second kappa shape index (κ2) is 8.98. The lowest BCUT2D eigenvalue weighted by Gasteiger charge is -2.25. The number of nitrogens with two attached hydrogens (primary N) is 1. The van der Waals surface area contributed by atoms with E-state index >= 15 is 0 Å². The molecular weight excluding hydrogens is 220 g/mol. The Morgan fingerprint density at radius 2 is 1.83 bits per heavy atom. The molecule has 0 aliphatic heterocycles. The van der Waals surface area contributed by atoms with Crippen LogP contribution in [-0.2, 0) is 0 Å². The lowest BCUT2D eigenvalue weighted by atomic mass is 10.1. The van der Waals surface area contributed by atoms with Gasteiger partial charge in [-0.2, -0.15) is 0 Å². The number of anilines is 1. The Hall–Kier alpha value is -1.02. The lowest BCUT2D eigenvalue weighted by molar-refractivity contribution is 0.634. The zero-order valence-corrected chi connectivity index (χ0v) is 12.0. The van der Waals surface area contributed by atoms with Crippen LogP contribution < -0.4 is 10.6 Å². The Bertz CT molecular complexity index is 323. The second-order valence-electron chi connectivity index (χ2n) is 5.03. The Morgan fingerprint density at radius 1 is 1.06 bits per heavy atom. The smallest absolute Gasteiger partial charge is 0.0368 e. The van der Waals surface area contributed by atoms with Gasteiger partial charge in [0.25, 0.3) is 0 Å². The maximum atomic E-state index is 5.63. The molecule has 0 aliphatic rings. The van der Waals surface area contributed by atoms with Gasteiger partial charge in [0.05, 0.1) is 0 Å². The van der Waals surface area contributed by atoms with E-state index in [2.05, 4.69) is 43.0 Å². The Balaban J connectivity index is 2.54. The number of hydrogen-bond donors (Lipinski definition) is 1. The normalized spacial score (nSPS) is 10.6. The van der Waals surface area contributed by atoms with Crippen molar-refractivity contribution >= 4 is 5.69 Å². The van der Waals surface area contributed by atoms with Crippen LogP contribution in [0.15, 0.2) is 24.3 Å². The van der Waals surface area contributed by atoms with E-state index in [1.807, 2.05) is 0 Å². The van der Waals surface area contributed by atoms with Crippen molar-refractivity contribution in [2.75, 3.05) is 24.5 Å². The summed E-state index contributed by atoms with van der Waals surface area (Å²) >= 11 is 0. The van der Waals surface area contributed by atoms with Gasteiger partial charge in [-0.25, -0.2) is 0 Å². The number of aryl methyl sites for hydroxylation is 1. The fraction of sp³-hybridized carbons (Fsp3) is 0.625. The number of benzene rings is 1. The van der Waals surface area contributed by atoms with Crippen LogP contribution >= 0.6 is 0 Å². The summed E-state index contributed by atoms with van der Waals surface area (Å²) in [6.45, 7) is 7.42. The molecule has 0 saturated heterocycles. The Kier molecular flexibility index (Phi) is 7.51. The van der Waals surface area contributed by atoms with E-state index in [4.69, 9.17) is 5.73 Å². The summed E-state index contributed by atoms with van der Waals surface area (Å²) in [5.74, 6) is 0. The summed E-state index contributed by atoms with van der Waals surface area (Å²) in [5.41, 5.74) is 8.31. The van der Waals surface area contributed by atoms with Crippen molar-refractivity contribution in [1.29, 1.82) is 0 Å². The van der Waals surface area contributed by atoms with Gasteiger partial charge in [0.15, 0.2) is 0 Å². The largest absolute Gasteiger partial charge is 0.371 e. The van der Waals surface area contributed by atoms with Crippen LogP contribution in [0, 0.1) is 6.92 Å². The molecule has 2 N–H and O–H groups in total. The van der Waals surface area contributed by atoms with E-state index < -0.39 is 0 Å². The molecule has 0 aliphatic carbocycles. The van der Waals surface area contributed by atoms with Crippen LogP contribution in [0.3, 0.4) is 0 Å². The average Bonchev–Trinajstić information content (AvgIpc) is 2.38. The fourth-order valence-corrected chi connectivity index (χ4v) is 2.21. The molecule has 0 heterocycles. The Morgan fingerprint density at radius 3 is 2.50 bits per heavy atom. The molecule has 0 amide bonds. The van der Waals surface area contributed by atoms with Crippen molar-refractivity contribution in [2.24, 2.45) is 5.73 Å². The number of unbranched alkanes of at least 4 members (excludes halogenated alkanes) is 3. The van der Waals surface area contributed by atoms with Gasteiger partial charge in [0.1, 0.15) is 0 Å². The molecule has 102 valence electrons. The van der Waals surface area contributed by atoms with E-state index in [1.165, 1.54) is 36.9 Å². The van der Waals surface area contributed by atoms with Crippen LogP contribution in [0.25, 0.3) is 0 Å². The van der Waals surface area contributed by atoms with Gasteiger partial charge in [-0.3, -0.25) is 0 Å². The van der Waals surface area contributed by atoms with E-state index in [0.29, 0.717) is 0 Å².